The highest BCUT2D eigenvalue weighted by Gasteiger charge is 2.66. The molecule has 7 heteroatoms. The first-order chi connectivity index (χ1) is 8.05. The summed E-state index contributed by atoms with van der Waals surface area (Å²) in [6, 6.07) is 0. The van der Waals surface area contributed by atoms with Crippen molar-refractivity contribution in [3.8, 4) is 0 Å². The Morgan fingerprint density at radius 1 is 1.39 bits per heavy atom. The smallest absolute Gasteiger partial charge is 0.449 e. The van der Waals surface area contributed by atoms with E-state index in [0.29, 0.717) is 0 Å². The van der Waals surface area contributed by atoms with E-state index in [4.69, 9.17) is 4.74 Å². The van der Waals surface area contributed by atoms with E-state index in [0.717, 1.165) is 0 Å². The average Bonchev–Trinajstić information content (AvgIpc) is 2.87. The third-order valence-electron chi connectivity index (χ3n) is 3.87. The van der Waals surface area contributed by atoms with E-state index >= 15 is 0 Å². The lowest BCUT2D eigenvalue weighted by Crippen LogP contribution is -2.44. The Morgan fingerprint density at radius 3 is 2.44 bits per heavy atom. The highest BCUT2D eigenvalue weighted by atomic mass is 19.4. The summed E-state index contributed by atoms with van der Waals surface area (Å²) in [5.74, 6) is -0.418. The average molecular weight is 264 g/mol. The van der Waals surface area contributed by atoms with Crippen LogP contribution in [0, 0.1) is 5.92 Å². The molecule has 104 valence electrons. The summed E-state index contributed by atoms with van der Waals surface area (Å²) in [6.07, 6.45) is -0.298. The van der Waals surface area contributed by atoms with Crippen LogP contribution in [-0.2, 0) is 4.74 Å². The molecule has 1 aliphatic carbocycles. The zero-order valence-electron chi connectivity index (χ0n) is 10.9. The number of fused-ring (bicyclic) bond motifs is 1. The Labute approximate surface area is 105 Å². The Kier molecular flexibility index (Phi) is 2.87. The number of piperidine rings is 1. The Morgan fingerprint density at radius 2 is 2.00 bits per heavy atom. The molecule has 0 spiro atoms. The van der Waals surface area contributed by atoms with Crippen LogP contribution >= 0.6 is 0 Å². The number of halogens is 3. The molecule has 0 bridgehead atoms. The number of likely N-dealkylation sites (tertiary alicyclic amines) is 1. The van der Waals surface area contributed by atoms with E-state index in [1.807, 2.05) is 0 Å². The summed E-state index contributed by atoms with van der Waals surface area (Å²) in [6.45, 7) is 0.762. The number of hydrogen-bond donors (Lipinski definition) is 0. The van der Waals surface area contributed by atoms with Crippen molar-refractivity contribution in [3.63, 3.8) is 0 Å². The number of carbonyl (C=O) groups excluding carboxylic acids is 1. The Bertz CT molecular complexity index is 366. The van der Waals surface area contributed by atoms with Crippen molar-refractivity contribution in [1.82, 2.24) is 4.90 Å². The quantitative estimate of drug-likeness (QED) is 0.680. The topological polar surface area (TPSA) is 29.5 Å². The summed E-state index contributed by atoms with van der Waals surface area (Å²) in [4.78, 5) is 13.2. The predicted molar refractivity (Wildman–Crippen MR) is 62.3 cm³/mol. The highest BCUT2D eigenvalue weighted by molar-refractivity contribution is 6.63. The van der Waals surface area contributed by atoms with Gasteiger partial charge in [0.1, 0.15) is 5.60 Å². The molecule has 1 aliphatic heterocycles. The molecule has 1 saturated heterocycles. The molecule has 3 nitrogen and oxygen atoms in total. The first-order valence-corrected chi connectivity index (χ1v) is 6.22. The van der Waals surface area contributed by atoms with Gasteiger partial charge in [-0.2, -0.15) is 0 Å². The molecule has 18 heavy (non-hydrogen) atoms. The van der Waals surface area contributed by atoms with Crippen molar-refractivity contribution >= 4 is 13.1 Å². The van der Waals surface area contributed by atoms with Crippen molar-refractivity contribution < 1.29 is 22.5 Å². The van der Waals surface area contributed by atoms with E-state index in [9.17, 15) is 17.7 Å². The largest absolute Gasteiger partial charge is 0.484 e. The molecule has 0 aromatic rings. The van der Waals surface area contributed by atoms with Gasteiger partial charge in [-0.15, -0.1) is 0 Å². The number of carbonyl (C=O) groups is 1. The third-order valence-corrected chi connectivity index (χ3v) is 3.87. The predicted octanol–water partition coefficient (Wildman–Crippen LogP) is 3.23. The molecule has 2 atom stereocenters. The lowest BCUT2D eigenvalue weighted by atomic mass is 9.64. The molecule has 2 aliphatic rings. The minimum atomic E-state index is -4.80. The maximum Gasteiger partial charge on any atom is 0.484 e. The van der Waals surface area contributed by atoms with E-state index in [2.05, 4.69) is 0 Å². The second-order valence-corrected chi connectivity index (χ2v) is 6.39. The van der Waals surface area contributed by atoms with E-state index in [1.165, 1.54) is 4.90 Å². The first-order valence-electron chi connectivity index (χ1n) is 6.22. The molecule has 2 unspecified atom stereocenters. The van der Waals surface area contributed by atoms with Gasteiger partial charge in [0.05, 0.1) is 0 Å². The fourth-order valence-electron chi connectivity index (χ4n) is 2.71. The number of rotatable bonds is 1. The van der Waals surface area contributed by atoms with Crippen LogP contribution in [0.5, 0.6) is 0 Å². The minimum Gasteiger partial charge on any atom is -0.449 e. The second-order valence-electron chi connectivity index (χ2n) is 6.39. The maximum atomic E-state index is 12.9. The van der Waals surface area contributed by atoms with E-state index < -0.39 is 29.9 Å². The molecular formula is C11H18BF3NO2-. The van der Waals surface area contributed by atoms with Gasteiger partial charge in [0.2, 0.25) is 0 Å². The van der Waals surface area contributed by atoms with Gasteiger partial charge in [-0.3, -0.25) is 0 Å². The zero-order valence-corrected chi connectivity index (χ0v) is 10.9. The van der Waals surface area contributed by atoms with Gasteiger partial charge in [-0.05, 0) is 26.7 Å². The number of ether oxygens (including phenoxy) is 1. The molecule has 2 fully saturated rings. The minimum absolute atomic E-state index is 0.0282. The summed E-state index contributed by atoms with van der Waals surface area (Å²) in [5, 5.41) is -1.46. The van der Waals surface area contributed by atoms with Crippen LogP contribution in [0.25, 0.3) is 0 Å². The van der Waals surface area contributed by atoms with Crippen molar-refractivity contribution in [2.24, 2.45) is 5.92 Å². The molecule has 0 aromatic carbocycles. The molecule has 1 amide bonds. The number of hydrogen-bond acceptors (Lipinski definition) is 2. The first kappa shape index (κ1) is 13.6. The molecule has 1 heterocycles. The van der Waals surface area contributed by atoms with Crippen LogP contribution < -0.4 is 0 Å². The van der Waals surface area contributed by atoms with E-state index in [1.54, 1.807) is 20.8 Å². The molecule has 2 rings (SSSR count). The molecule has 0 aromatic heterocycles. The molecule has 0 radical (unpaired) electrons. The summed E-state index contributed by atoms with van der Waals surface area (Å²) in [7, 11) is 0. The van der Waals surface area contributed by atoms with Crippen LogP contribution in [0.1, 0.15) is 33.6 Å². The summed E-state index contributed by atoms with van der Waals surface area (Å²) >= 11 is 0. The van der Waals surface area contributed by atoms with Crippen LogP contribution in [0.15, 0.2) is 0 Å². The zero-order chi connectivity index (χ0) is 13.8. The van der Waals surface area contributed by atoms with Crippen LogP contribution in [-0.4, -0.2) is 36.7 Å². The van der Waals surface area contributed by atoms with Gasteiger partial charge in [0.25, 0.3) is 0 Å². The van der Waals surface area contributed by atoms with Gasteiger partial charge >= 0.3 is 13.1 Å². The summed E-state index contributed by atoms with van der Waals surface area (Å²) < 4.78 is 43.9. The molecule has 0 N–H and O–H groups in total. The van der Waals surface area contributed by atoms with Crippen LogP contribution in [0.2, 0.25) is 5.31 Å². The molecular weight excluding hydrogens is 246 g/mol. The van der Waals surface area contributed by atoms with Crippen molar-refractivity contribution in [2.75, 3.05) is 13.1 Å². The van der Waals surface area contributed by atoms with Gasteiger partial charge in [0.15, 0.2) is 0 Å². The Balaban J connectivity index is 1.94. The normalized spacial score (nSPS) is 31.9. The van der Waals surface area contributed by atoms with Crippen molar-refractivity contribution in [1.29, 1.82) is 0 Å². The van der Waals surface area contributed by atoms with Crippen molar-refractivity contribution in [3.05, 3.63) is 0 Å². The van der Waals surface area contributed by atoms with Crippen LogP contribution in [0.4, 0.5) is 17.7 Å². The molecule has 1 saturated carbocycles. The lowest BCUT2D eigenvalue weighted by Gasteiger charge is -2.37. The fourth-order valence-corrected chi connectivity index (χ4v) is 2.71. The van der Waals surface area contributed by atoms with Gasteiger partial charge in [0, 0.05) is 13.1 Å². The van der Waals surface area contributed by atoms with Crippen molar-refractivity contribution in [2.45, 2.75) is 44.5 Å². The third kappa shape index (κ3) is 2.31. The van der Waals surface area contributed by atoms with Gasteiger partial charge in [-0.1, -0.05) is 18.2 Å². The Hall–Kier alpha value is -0.875. The van der Waals surface area contributed by atoms with Gasteiger partial charge in [-0.25, -0.2) is 4.79 Å². The number of amides is 1. The van der Waals surface area contributed by atoms with Crippen LogP contribution in [0.3, 0.4) is 0 Å². The highest BCUT2D eigenvalue weighted by Crippen LogP contribution is 2.71. The lowest BCUT2D eigenvalue weighted by molar-refractivity contribution is 0.0203. The number of nitrogens with zero attached hydrogens (tertiary/aromatic N) is 1. The second kappa shape index (κ2) is 3.81. The standard InChI is InChI=1S/C11H18BF3NO2/c1-10(2,3)18-9(17)16-5-4-11(12(13,14)15)6-8(11)7-16/h8H,4-7H2,1-3H3/q-1. The monoisotopic (exact) mass is 264 g/mol. The maximum absolute atomic E-state index is 12.9. The van der Waals surface area contributed by atoms with E-state index in [-0.39, 0.29) is 25.9 Å². The SMILES string of the molecule is CC(C)(C)OC(=O)N1CCC2([B-](F)(F)F)CC2C1. The fraction of sp³-hybridized carbons (Fsp3) is 0.909. The van der Waals surface area contributed by atoms with Gasteiger partial charge < -0.3 is 22.6 Å². The summed E-state index contributed by atoms with van der Waals surface area (Å²) in [5.41, 5.74) is -0.608.